The molecule has 0 saturated carbocycles. The Kier molecular flexibility index (Phi) is 3.96. The van der Waals surface area contributed by atoms with Gasteiger partial charge in [-0.2, -0.15) is 5.10 Å². The van der Waals surface area contributed by atoms with Crippen LogP contribution in [0.2, 0.25) is 0 Å². The highest BCUT2D eigenvalue weighted by Gasteiger charge is 2.02. The highest BCUT2D eigenvalue weighted by atomic mass is 16.6. The second-order valence-corrected chi connectivity index (χ2v) is 2.80. The van der Waals surface area contributed by atoms with Crippen molar-refractivity contribution in [2.45, 2.75) is 0 Å². The fraction of sp³-hybridized carbons (Fsp3) is 0.111. The molecule has 0 heterocycles. The summed E-state index contributed by atoms with van der Waals surface area (Å²) in [6.45, 7) is 0. The molecule has 2 amide bonds. The van der Waals surface area contributed by atoms with Gasteiger partial charge in [0.2, 0.25) is 0 Å². The minimum absolute atomic E-state index is 0.0106. The number of carbonyl (C=O) groups excluding carboxylic acids is 1. The Labute approximate surface area is 91.3 Å². The molecule has 0 aromatic heterocycles. The summed E-state index contributed by atoms with van der Waals surface area (Å²) in [4.78, 5) is 20.6. The van der Waals surface area contributed by atoms with Crippen molar-refractivity contribution in [2.24, 2.45) is 5.10 Å². The molecule has 1 aromatic carbocycles. The first-order chi connectivity index (χ1) is 7.63. The standard InChI is InChI=1S/C9H10N4O3/c1-10-9(14)12-11-6-7-2-4-8(5-3-7)13(15)16/h2-6H,1H3,(H2,10,12,14). The van der Waals surface area contributed by atoms with Crippen molar-refractivity contribution in [3.63, 3.8) is 0 Å². The van der Waals surface area contributed by atoms with Crippen LogP contribution in [-0.2, 0) is 0 Å². The van der Waals surface area contributed by atoms with E-state index in [4.69, 9.17) is 0 Å². The molecule has 0 spiro atoms. The second kappa shape index (κ2) is 5.44. The van der Waals surface area contributed by atoms with Gasteiger partial charge in [-0.05, 0) is 17.7 Å². The zero-order valence-corrected chi connectivity index (χ0v) is 8.51. The highest BCUT2D eigenvalue weighted by Crippen LogP contribution is 2.10. The van der Waals surface area contributed by atoms with Gasteiger partial charge in [-0.15, -0.1) is 0 Å². The number of nitrogens with one attached hydrogen (secondary N) is 2. The summed E-state index contributed by atoms with van der Waals surface area (Å²) in [6.07, 6.45) is 1.39. The molecule has 0 bridgehead atoms. The molecular weight excluding hydrogens is 212 g/mol. The molecule has 0 atom stereocenters. The Morgan fingerprint density at radius 3 is 2.56 bits per heavy atom. The number of nitrogens with zero attached hydrogens (tertiary/aromatic N) is 2. The van der Waals surface area contributed by atoms with Gasteiger partial charge in [-0.1, -0.05) is 0 Å². The molecule has 0 aliphatic rings. The Balaban J connectivity index is 2.61. The van der Waals surface area contributed by atoms with Crippen molar-refractivity contribution in [3.05, 3.63) is 39.9 Å². The molecule has 0 fully saturated rings. The molecular formula is C9H10N4O3. The number of carbonyl (C=O) groups is 1. The quantitative estimate of drug-likeness (QED) is 0.451. The lowest BCUT2D eigenvalue weighted by Crippen LogP contribution is -2.28. The van der Waals surface area contributed by atoms with Gasteiger partial charge in [0.05, 0.1) is 11.1 Å². The average molecular weight is 222 g/mol. The van der Waals surface area contributed by atoms with Crippen molar-refractivity contribution in [3.8, 4) is 0 Å². The Bertz CT molecular complexity index is 413. The molecule has 1 rings (SSSR count). The van der Waals surface area contributed by atoms with E-state index in [-0.39, 0.29) is 5.69 Å². The predicted octanol–water partition coefficient (Wildman–Crippen LogP) is 0.858. The number of amides is 2. The van der Waals surface area contributed by atoms with Crippen LogP contribution in [0.15, 0.2) is 29.4 Å². The van der Waals surface area contributed by atoms with Crippen molar-refractivity contribution < 1.29 is 9.72 Å². The van der Waals surface area contributed by atoms with E-state index < -0.39 is 11.0 Å². The first kappa shape index (κ1) is 11.6. The lowest BCUT2D eigenvalue weighted by molar-refractivity contribution is -0.384. The average Bonchev–Trinajstić information content (AvgIpc) is 2.29. The maximum Gasteiger partial charge on any atom is 0.334 e. The zero-order valence-electron chi connectivity index (χ0n) is 8.51. The van der Waals surface area contributed by atoms with Crippen LogP contribution in [0.3, 0.4) is 0 Å². The lowest BCUT2D eigenvalue weighted by Gasteiger charge is -1.96. The number of hydrogen-bond acceptors (Lipinski definition) is 4. The van der Waals surface area contributed by atoms with Crippen LogP contribution in [0.1, 0.15) is 5.56 Å². The van der Waals surface area contributed by atoms with Crippen LogP contribution >= 0.6 is 0 Å². The topological polar surface area (TPSA) is 96.6 Å². The highest BCUT2D eigenvalue weighted by molar-refractivity contribution is 5.82. The van der Waals surface area contributed by atoms with Crippen LogP contribution < -0.4 is 10.7 Å². The number of hydrazone groups is 1. The van der Waals surface area contributed by atoms with Gasteiger partial charge in [0, 0.05) is 19.2 Å². The van der Waals surface area contributed by atoms with Gasteiger partial charge in [-0.25, -0.2) is 10.2 Å². The summed E-state index contributed by atoms with van der Waals surface area (Å²) < 4.78 is 0. The van der Waals surface area contributed by atoms with Gasteiger partial charge in [0.1, 0.15) is 0 Å². The Morgan fingerprint density at radius 2 is 2.06 bits per heavy atom. The molecule has 0 aliphatic carbocycles. The number of nitro benzene ring substituents is 1. The second-order valence-electron chi connectivity index (χ2n) is 2.80. The number of urea groups is 1. The van der Waals surface area contributed by atoms with E-state index in [2.05, 4.69) is 15.8 Å². The fourth-order valence-electron chi connectivity index (χ4n) is 0.903. The molecule has 0 unspecified atom stereocenters. The molecule has 7 nitrogen and oxygen atoms in total. The van der Waals surface area contributed by atoms with Crippen LogP contribution in [0.5, 0.6) is 0 Å². The van der Waals surface area contributed by atoms with Gasteiger partial charge in [0.25, 0.3) is 5.69 Å². The minimum atomic E-state index is -0.482. The summed E-state index contributed by atoms with van der Waals surface area (Å²) in [5.41, 5.74) is 2.87. The smallest absolute Gasteiger partial charge is 0.334 e. The maximum absolute atomic E-state index is 10.7. The number of nitro groups is 1. The Morgan fingerprint density at radius 1 is 1.44 bits per heavy atom. The molecule has 0 aliphatic heterocycles. The SMILES string of the molecule is CNC(=O)NN=Cc1ccc([N+](=O)[O-])cc1. The van der Waals surface area contributed by atoms with Crippen molar-refractivity contribution >= 4 is 17.9 Å². The van der Waals surface area contributed by atoms with Gasteiger partial charge in [-0.3, -0.25) is 10.1 Å². The summed E-state index contributed by atoms with van der Waals surface area (Å²) in [7, 11) is 1.47. The van der Waals surface area contributed by atoms with E-state index in [9.17, 15) is 14.9 Å². The molecule has 16 heavy (non-hydrogen) atoms. The van der Waals surface area contributed by atoms with Crippen LogP contribution in [0.4, 0.5) is 10.5 Å². The van der Waals surface area contributed by atoms with Crippen LogP contribution in [0, 0.1) is 10.1 Å². The number of rotatable bonds is 3. The summed E-state index contributed by atoms with van der Waals surface area (Å²) in [5.74, 6) is 0. The maximum atomic E-state index is 10.7. The third-order valence-electron chi connectivity index (χ3n) is 1.71. The number of hydrogen-bond donors (Lipinski definition) is 2. The third-order valence-corrected chi connectivity index (χ3v) is 1.71. The monoisotopic (exact) mass is 222 g/mol. The number of non-ortho nitro benzene ring substituents is 1. The lowest BCUT2D eigenvalue weighted by atomic mass is 10.2. The normalized spacial score (nSPS) is 10.1. The minimum Gasteiger partial charge on any atom is -0.340 e. The van der Waals surface area contributed by atoms with Crippen molar-refractivity contribution in [2.75, 3.05) is 7.05 Å². The van der Waals surface area contributed by atoms with Gasteiger partial charge in [0.15, 0.2) is 0 Å². The first-order valence-electron chi connectivity index (χ1n) is 4.38. The molecule has 7 heteroatoms. The van der Waals surface area contributed by atoms with E-state index >= 15 is 0 Å². The fourth-order valence-corrected chi connectivity index (χ4v) is 0.903. The first-order valence-corrected chi connectivity index (χ1v) is 4.38. The van der Waals surface area contributed by atoms with Crippen molar-refractivity contribution in [1.82, 2.24) is 10.7 Å². The molecule has 0 saturated heterocycles. The molecule has 2 N–H and O–H groups in total. The van der Waals surface area contributed by atoms with E-state index in [0.29, 0.717) is 5.56 Å². The van der Waals surface area contributed by atoms with Gasteiger partial charge >= 0.3 is 6.03 Å². The molecule has 84 valence electrons. The summed E-state index contributed by atoms with van der Waals surface area (Å²) in [6, 6.07) is 5.36. The summed E-state index contributed by atoms with van der Waals surface area (Å²) >= 11 is 0. The van der Waals surface area contributed by atoms with Gasteiger partial charge < -0.3 is 5.32 Å². The van der Waals surface area contributed by atoms with E-state index in [0.717, 1.165) is 0 Å². The zero-order chi connectivity index (χ0) is 12.0. The van der Waals surface area contributed by atoms with E-state index in [1.807, 2.05) is 0 Å². The van der Waals surface area contributed by atoms with Crippen LogP contribution in [-0.4, -0.2) is 24.2 Å². The largest absolute Gasteiger partial charge is 0.340 e. The Hall–Kier alpha value is -2.44. The predicted molar refractivity (Wildman–Crippen MR) is 58.3 cm³/mol. The van der Waals surface area contributed by atoms with E-state index in [1.165, 1.54) is 37.5 Å². The molecule has 1 aromatic rings. The third kappa shape index (κ3) is 3.37. The molecule has 0 radical (unpaired) electrons. The van der Waals surface area contributed by atoms with Crippen molar-refractivity contribution in [1.29, 1.82) is 0 Å². The summed E-state index contributed by atoms with van der Waals surface area (Å²) in [5, 5.41) is 16.3. The van der Waals surface area contributed by atoms with E-state index in [1.54, 1.807) is 0 Å². The number of benzene rings is 1. The van der Waals surface area contributed by atoms with Crippen LogP contribution in [0.25, 0.3) is 0 Å².